The zero-order chi connectivity index (χ0) is 27.0. The van der Waals surface area contributed by atoms with Crippen LogP contribution in [0.25, 0.3) is 0 Å². The highest BCUT2D eigenvalue weighted by Gasteiger charge is 2.46. The summed E-state index contributed by atoms with van der Waals surface area (Å²) in [7, 11) is -2.35. The second kappa shape index (κ2) is 10.2. The Hall–Kier alpha value is -3.38. The minimum Gasteiger partial charge on any atom is -0.497 e. The molecule has 4 rings (SSSR count). The fraction of sp³-hybridized carbons (Fsp3) is 0.480. The first-order chi connectivity index (χ1) is 17.4. The molecule has 1 aromatic heterocycles. The molecule has 11 nitrogen and oxygen atoms in total. The third kappa shape index (κ3) is 5.64. The molecule has 0 amide bonds. The molecule has 200 valence electrons. The first-order valence-electron chi connectivity index (χ1n) is 11.9. The number of methoxy groups -OCH3 is 1. The predicted octanol–water partition coefficient (Wildman–Crippen LogP) is 3.41. The number of carboxylic acid groups (broad SMARTS) is 1. The summed E-state index contributed by atoms with van der Waals surface area (Å²) in [6, 6.07) is 6.94. The van der Waals surface area contributed by atoms with Crippen LogP contribution in [0.5, 0.6) is 5.75 Å². The number of hydrogen-bond acceptors (Lipinski definition) is 10. The van der Waals surface area contributed by atoms with Gasteiger partial charge in [-0.05, 0) is 55.7 Å². The lowest BCUT2D eigenvalue weighted by Crippen LogP contribution is -2.57. The quantitative estimate of drug-likeness (QED) is 0.529. The van der Waals surface area contributed by atoms with Crippen LogP contribution < -0.4 is 9.64 Å². The molecule has 1 aromatic carbocycles. The number of nitrogens with zero attached hydrogens (tertiary/aromatic N) is 4. The van der Waals surface area contributed by atoms with Gasteiger partial charge in [-0.25, -0.2) is 23.1 Å². The SMILES string of the molecule is COc1cc(C)c(S(=O)(=O)CC2=NC(OC(=O)O)ON2C2CCN(c3ccncc3)CC2(C)C)c(C)c1. The van der Waals surface area contributed by atoms with Gasteiger partial charge in [0.2, 0.25) is 0 Å². The van der Waals surface area contributed by atoms with Crippen LogP contribution in [0.1, 0.15) is 31.4 Å². The highest BCUT2D eigenvalue weighted by atomic mass is 32.2. The molecule has 37 heavy (non-hydrogen) atoms. The molecule has 0 aliphatic carbocycles. The van der Waals surface area contributed by atoms with E-state index in [4.69, 9.17) is 19.4 Å². The Kier molecular flexibility index (Phi) is 7.33. The Bertz CT molecular complexity index is 1270. The molecular formula is C25H32N4O7S. The van der Waals surface area contributed by atoms with Gasteiger partial charge in [0.05, 0.1) is 18.0 Å². The van der Waals surface area contributed by atoms with E-state index in [1.165, 1.54) is 12.2 Å². The molecule has 3 heterocycles. The fourth-order valence-corrected chi connectivity index (χ4v) is 6.95. The van der Waals surface area contributed by atoms with Crippen molar-refractivity contribution in [3.05, 3.63) is 47.8 Å². The van der Waals surface area contributed by atoms with Crippen LogP contribution in [-0.4, -0.2) is 74.0 Å². The number of carbonyl (C=O) groups is 1. The van der Waals surface area contributed by atoms with E-state index < -0.39 is 28.2 Å². The second-order valence-corrected chi connectivity index (χ2v) is 11.9. The van der Waals surface area contributed by atoms with Gasteiger partial charge in [0.25, 0.3) is 0 Å². The maximum absolute atomic E-state index is 13.6. The van der Waals surface area contributed by atoms with Crippen LogP contribution in [0.4, 0.5) is 10.5 Å². The zero-order valence-corrected chi connectivity index (χ0v) is 22.4. The number of aryl methyl sites for hydroxylation is 2. The number of piperidine rings is 1. The third-order valence-corrected chi connectivity index (χ3v) is 8.60. The van der Waals surface area contributed by atoms with Gasteiger partial charge >= 0.3 is 12.6 Å². The lowest BCUT2D eigenvalue weighted by atomic mass is 9.78. The molecule has 2 atom stereocenters. The van der Waals surface area contributed by atoms with Crippen LogP contribution in [0.2, 0.25) is 0 Å². The number of anilines is 1. The van der Waals surface area contributed by atoms with Crippen molar-refractivity contribution in [1.29, 1.82) is 0 Å². The molecule has 0 spiro atoms. The number of pyridine rings is 1. The molecule has 0 bridgehead atoms. The molecule has 2 unspecified atom stereocenters. The van der Waals surface area contributed by atoms with Gasteiger partial charge in [0.15, 0.2) is 9.84 Å². The summed E-state index contributed by atoms with van der Waals surface area (Å²) in [5.74, 6) is 0.201. The van der Waals surface area contributed by atoms with E-state index in [2.05, 4.69) is 28.7 Å². The Morgan fingerprint density at radius 2 is 1.86 bits per heavy atom. The molecule has 1 saturated heterocycles. The number of ether oxygens (including phenoxy) is 2. The van der Waals surface area contributed by atoms with Gasteiger partial charge in [-0.15, -0.1) is 0 Å². The summed E-state index contributed by atoms with van der Waals surface area (Å²) in [4.78, 5) is 27.7. The van der Waals surface area contributed by atoms with E-state index in [-0.39, 0.29) is 22.2 Å². The molecule has 1 fully saturated rings. The average molecular weight is 533 g/mol. The summed E-state index contributed by atoms with van der Waals surface area (Å²) in [5, 5.41) is 10.6. The monoisotopic (exact) mass is 532 g/mol. The van der Waals surface area contributed by atoms with Crippen molar-refractivity contribution in [2.75, 3.05) is 30.9 Å². The van der Waals surface area contributed by atoms with Gasteiger partial charge in [-0.1, -0.05) is 13.8 Å². The molecule has 0 radical (unpaired) electrons. The summed E-state index contributed by atoms with van der Waals surface area (Å²) in [6.07, 6.45) is 1.06. The Balaban J connectivity index is 1.63. The van der Waals surface area contributed by atoms with Crippen molar-refractivity contribution < 1.29 is 32.6 Å². The number of sulfone groups is 1. The van der Waals surface area contributed by atoms with Gasteiger partial charge in [0, 0.05) is 36.6 Å². The van der Waals surface area contributed by atoms with Crippen molar-refractivity contribution in [3.63, 3.8) is 0 Å². The average Bonchev–Trinajstić information content (AvgIpc) is 3.18. The number of hydrogen-bond donors (Lipinski definition) is 1. The van der Waals surface area contributed by atoms with Crippen LogP contribution in [-0.2, 0) is 19.4 Å². The largest absolute Gasteiger partial charge is 0.509 e. The summed E-state index contributed by atoms with van der Waals surface area (Å²) < 4.78 is 37.2. The highest BCUT2D eigenvalue weighted by Crippen LogP contribution is 2.38. The van der Waals surface area contributed by atoms with Crippen molar-refractivity contribution in [1.82, 2.24) is 10.0 Å². The molecule has 2 aromatic rings. The number of benzene rings is 1. The Morgan fingerprint density at radius 1 is 1.22 bits per heavy atom. The smallest absolute Gasteiger partial charge is 0.497 e. The van der Waals surface area contributed by atoms with Crippen molar-refractivity contribution in [2.24, 2.45) is 10.4 Å². The summed E-state index contributed by atoms with van der Waals surface area (Å²) in [5.41, 5.74) is 1.76. The highest BCUT2D eigenvalue weighted by molar-refractivity contribution is 7.92. The van der Waals surface area contributed by atoms with Crippen molar-refractivity contribution in [2.45, 2.75) is 51.5 Å². The standard InChI is InChI=1S/C25H32N4O7S/c1-16-12-19(34-5)13-17(2)22(16)37(32,33)14-21-27-23(35-24(30)31)36-29(21)20-8-11-28(15-25(20,3)4)18-6-9-26-10-7-18/h6-7,9-10,12-13,20,23H,8,11,14-15H2,1-5H3,(H,30,31). The maximum atomic E-state index is 13.6. The van der Waals surface area contributed by atoms with E-state index in [1.54, 1.807) is 38.4 Å². The Morgan fingerprint density at radius 3 is 2.43 bits per heavy atom. The van der Waals surface area contributed by atoms with E-state index >= 15 is 0 Å². The molecule has 0 saturated carbocycles. The van der Waals surface area contributed by atoms with Crippen LogP contribution in [0, 0.1) is 19.3 Å². The van der Waals surface area contributed by atoms with E-state index in [9.17, 15) is 13.2 Å². The minimum atomic E-state index is -3.87. The van der Waals surface area contributed by atoms with E-state index in [0.717, 1.165) is 5.69 Å². The van der Waals surface area contributed by atoms with E-state index in [0.29, 0.717) is 36.4 Å². The normalized spacial score (nSPS) is 21.5. The van der Waals surface area contributed by atoms with Gasteiger partial charge in [0.1, 0.15) is 17.3 Å². The van der Waals surface area contributed by atoms with Gasteiger partial charge in [-0.3, -0.25) is 4.98 Å². The lowest BCUT2D eigenvalue weighted by molar-refractivity contribution is -0.236. The number of hydroxylamine groups is 2. The number of rotatable bonds is 7. The zero-order valence-electron chi connectivity index (χ0n) is 21.5. The molecule has 1 N–H and O–H groups in total. The maximum Gasteiger partial charge on any atom is 0.509 e. The van der Waals surface area contributed by atoms with Crippen LogP contribution in [0.15, 0.2) is 46.5 Å². The fourth-order valence-electron chi connectivity index (χ4n) is 5.16. The Labute approximate surface area is 216 Å². The summed E-state index contributed by atoms with van der Waals surface area (Å²) >= 11 is 0. The van der Waals surface area contributed by atoms with Crippen molar-refractivity contribution >= 4 is 27.5 Å². The van der Waals surface area contributed by atoms with Crippen LogP contribution in [0.3, 0.4) is 0 Å². The van der Waals surface area contributed by atoms with Gasteiger partial charge < -0.3 is 19.5 Å². The van der Waals surface area contributed by atoms with Crippen molar-refractivity contribution in [3.8, 4) is 5.75 Å². The molecular weight excluding hydrogens is 500 g/mol. The van der Waals surface area contributed by atoms with Crippen LogP contribution >= 0.6 is 0 Å². The number of aromatic nitrogens is 1. The van der Waals surface area contributed by atoms with E-state index in [1.807, 2.05) is 12.1 Å². The van der Waals surface area contributed by atoms with Gasteiger partial charge in [-0.2, -0.15) is 4.99 Å². The summed E-state index contributed by atoms with van der Waals surface area (Å²) in [6.45, 7) is 8.87. The molecule has 2 aliphatic rings. The lowest BCUT2D eigenvalue weighted by Gasteiger charge is -2.48. The molecule has 12 heteroatoms. The minimum absolute atomic E-state index is 0.108. The predicted molar refractivity (Wildman–Crippen MR) is 136 cm³/mol. The first-order valence-corrected chi connectivity index (χ1v) is 13.5. The molecule has 2 aliphatic heterocycles. The first kappa shape index (κ1) is 26.7. The number of amidine groups is 1. The second-order valence-electron chi connectivity index (χ2n) is 9.94. The number of aliphatic imine (C=N–C) groups is 1. The topological polar surface area (TPSA) is 131 Å². The third-order valence-electron chi connectivity index (χ3n) is 6.70.